The van der Waals surface area contributed by atoms with Gasteiger partial charge in [0.25, 0.3) is 0 Å². The first-order valence-corrected chi connectivity index (χ1v) is 7.79. The Morgan fingerprint density at radius 3 is 2.57 bits per heavy atom. The first-order valence-electron chi connectivity index (χ1n) is 7.79. The lowest BCUT2D eigenvalue weighted by Gasteiger charge is -2.44. The van der Waals surface area contributed by atoms with Gasteiger partial charge >= 0.3 is 0 Å². The second-order valence-corrected chi connectivity index (χ2v) is 6.29. The summed E-state index contributed by atoms with van der Waals surface area (Å²) in [7, 11) is 0. The molecule has 0 bridgehead atoms. The Balaban J connectivity index is 2.16. The molecular weight excluding hydrogens is 272 g/mol. The van der Waals surface area contributed by atoms with E-state index in [1.54, 1.807) is 0 Å². The number of ether oxygens (including phenoxy) is 1. The average Bonchev–Trinajstić information content (AvgIpc) is 2.37. The zero-order chi connectivity index (χ0) is 15.5. The van der Waals surface area contributed by atoms with Crippen LogP contribution in [0.4, 0.5) is 8.78 Å². The van der Waals surface area contributed by atoms with E-state index in [0.717, 1.165) is 25.3 Å². The molecule has 1 aliphatic rings. The Kier molecular flexibility index (Phi) is 5.33. The fraction of sp³-hybridized carbons (Fsp3) is 0.647. The molecule has 0 radical (unpaired) electrons. The van der Waals surface area contributed by atoms with Crippen LogP contribution >= 0.6 is 0 Å². The maximum atomic E-state index is 13.3. The molecule has 1 aromatic carbocycles. The van der Waals surface area contributed by atoms with Crippen LogP contribution in [-0.2, 0) is 11.2 Å². The van der Waals surface area contributed by atoms with Crippen molar-refractivity contribution in [3.8, 4) is 0 Å². The Hall–Kier alpha value is -1.00. The lowest BCUT2D eigenvalue weighted by Crippen LogP contribution is -2.53. The summed E-state index contributed by atoms with van der Waals surface area (Å²) in [6, 6.07) is 3.35. The zero-order valence-corrected chi connectivity index (χ0v) is 12.9. The molecule has 1 aromatic rings. The van der Waals surface area contributed by atoms with E-state index in [4.69, 9.17) is 10.5 Å². The van der Waals surface area contributed by atoms with Crippen LogP contribution in [0.15, 0.2) is 18.2 Å². The number of rotatable bonds is 5. The second-order valence-electron chi connectivity index (χ2n) is 6.29. The first-order chi connectivity index (χ1) is 9.95. The standard InChI is InChI=1S/C17H25F2NO/c1-3-21-17(6-4-5-12(2)11-17)16(20)9-13-7-14(18)10-15(19)8-13/h7-8,10,12,16H,3-6,9,11,20H2,1-2H3. The van der Waals surface area contributed by atoms with Gasteiger partial charge < -0.3 is 10.5 Å². The fourth-order valence-corrected chi connectivity index (χ4v) is 3.57. The van der Waals surface area contributed by atoms with Crippen molar-refractivity contribution < 1.29 is 13.5 Å². The summed E-state index contributed by atoms with van der Waals surface area (Å²) < 4.78 is 32.7. The van der Waals surface area contributed by atoms with Crippen molar-refractivity contribution in [3.63, 3.8) is 0 Å². The molecule has 2 nitrogen and oxygen atoms in total. The van der Waals surface area contributed by atoms with E-state index >= 15 is 0 Å². The van der Waals surface area contributed by atoms with Gasteiger partial charge in [0, 0.05) is 18.7 Å². The van der Waals surface area contributed by atoms with Crippen LogP contribution in [0, 0.1) is 17.6 Å². The van der Waals surface area contributed by atoms with Crippen molar-refractivity contribution in [2.75, 3.05) is 6.61 Å². The van der Waals surface area contributed by atoms with E-state index in [2.05, 4.69) is 6.92 Å². The van der Waals surface area contributed by atoms with Crippen molar-refractivity contribution in [2.24, 2.45) is 11.7 Å². The second kappa shape index (κ2) is 6.84. The number of hydrogen-bond donors (Lipinski definition) is 1. The van der Waals surface area contributed by atoms with Gasteiger partial charge in [-0.2, -0.15) is 0 Å². The Morgan fingerprint density at radius 1 is 1.33 bits per heavy atom. The highest BCUT2D eigenvalue weighted by Crippen LogP contribution is 2.38. The van der Waals surface area contributed by atoms with Crippen LogP contribution in [0.1, 0.15) is 45.1 Å². The fourth-order valence-electron chi connectivity index (χ4n) is 3.57. The van der Waals surface area contributed by atoms with Crippen LogP contribution in [-0.4, -0.2) is 18.2 Å². The van der Waals surface area contributed by atoms with E-state index in [1.165, 1.54) is 18.6 Å². The highest BCUT2D eigenvalue weighted by molar-refractivity contribution is 5.20. The quantitative estimate of drug-likeness (QED) is 0.896. The Labute approximate surface area is 125 Å². The molecule has 1 fully saturated rings. The molecule has 2 rings (SSSR count). The molecule has 2 N–H and O–H groups in total. The summed E-state index contributed by atoms with van der Waals surface area (Å²) in [5.41, 5.74) is 6.62. The van der Waals surface area contributed by atoms with E-state index in [9.17, 15) is 8.78 Å². The summed E-state index contributed by atoms with van der Waals surface area (Å²) in [5, 5.41) is 0. The largest absolute Gasteiger partial charge is 0.374 e. The molecule has 0 saturated heterocycles. The van der Waals surface area contributed by atoms with Crippen molar-refractivity contribution >= 4 is 0 Å². The Bertz CT molecular complexity index is 456. The summed E-state index contributed by atoms with van der Waals surface area (Å²) >= 11 is 0. The minimum absolute atomic E-state index is 0.249. The van der Waals surface area contributed by atoms with Gasteiger partial charge in [-0.3, -0.25) is 0 Å². The molecule has 0 spiro atoms. The molecule has 1 aliphatic carbocycles. The predicted octanol–water partition coefficient (Wildman–Crippen LogP) is 3.82. The first kappa shape index (κ1) is 16.4. The van der Waals surface area contributed by atoms with Gasteiger partial charge in [-0.25, -0.2) is 8.78 Å². The van der Waals surface area contributed by atoms with Crippen molar-refractivity contribution in [1.82, 2.24) is 0 Å². The van der Waals surface area contributed by atoms with E-state index in [1.807, 2.05) is 6.92 Å². The molecule has 4 heteroatoms. The van der Waals surface area contributed by atoms with Gasteiger partial charge in [0.15, 0.2) is 0 Å². The molecule has 118 valence electrons. The number of nitrogens with two attached hydrogens (primary N) is 1. The molecule has 0 aromatic heterocycles. The Morgan fingerprint density at radius 2 is 2.00 bits per heavy atom. The van der Waals surface area contributed by atoms with E-state index < -0.39 is 11.6 Å². The van der Waals surface area contributed by atoms with Gasteiger partial charge in [0.05, 0.1) is 5.60 Å². The smallest absolute Gasteiger partial charge is 0.126 e. The predicted molar refractivity (Wildman–Crippen MR) is 80.0 cm³/mol. The molecular formula is C17H25F2NO. The monoisotopic (exact) mass is 297 g/mol. The molecule has 0 amide bonds. The molecule has 3 unspecified atom stereocenters. The maximum absolute atomic E-state index is 13.3. The average molecular weight is 297 g/mol. The van der Waals surface area contributed by atoms with Crippen molar-refractivity contribution in [3.05, 3.63) is 35.4 Å². The van der Waals surface area contributed by atoms with Gasteiger partial charge in [0.1, 0.15) is 11.6 Å². The minimum atomic E-state index is -0.556. The topological polar surface area (TPSA) is 35.2 Å². The number of hydrogen-bond acceptors (Lipinski definition) is 2. The number of benzene rings is 1. The third-order valence-electron chi connectivity index (χ3n) is 4.48. The van der Waals surface area contributed by atoms with Crippen LogP contribution in [0.5, 0.6) is 0 Å². The zero-order valence-electron chi connectivity index (χ0n) is 12.9. The summed E-state index contributed by atoms with van der Waals surface area (Å²) in [6.45, 7) is 4.79. The van der Waals surface area contributed by atoms with Gasteiger partial charge in [-0.1, -0.05) is 19.8 Å². The lowest BCUT2D eigenvalue weighted by atomic mass is 9.73. The normalized spacial score (nSPS) is 27.6. The van der Waals surface area contributed by atoms with Crippen LogP contribution in [0.2, 0.25) is 0 Å². The molecule has 0 aliphatic heterocycles. The minimum Gasteiger partial charge on any atom is -0.374 e. The lowest BCUT2D eigenvalue weighted by molar-refractivity contribution is -0.0925. The van der Waals surface area contributed by atoms with Gasteiger partial charge in [-0.15, -0.1) is 0 Å². The van der Waals surface area contributed by atoms with Crippen LogP contribution in [0.3, 0.4) is 0 Å². The molecule has 21 heavy (non-hydrogen) atoms. The summed E-state index contributed by atoms with van der Waals surface area (Å²) in [5.74, 6) is -0.542. The van der Waals surface area contributed by atoms with Crippen LogP contribution < -0.4 is 5.73 Å². The SMILES string of the molecule is CCOC1(C(N)Cc2cc(F)cc(F)c2)CCCC(C)C1. The van der Waals surface area contributed by atoms with Crippen molar-refractivity contribution in [1.29, 1.82) is 0 Å². The van der Waals surface area contributed by atoms with Gasteiger partial charge in [0.2, 0.25) is 0 Å². The summed E-state index contributed by atoms with van der Waals surface area (Å²) in [6.07, 6.45) is 4.55. The highest BCUT2D eigenvalue weighted by Gasteiger charge is 2.40. The van der Waals surface area contributed by atoms with Crippen LogP contribution in [0.25, 0.3) is 0 Å². The third-order valence-corrected chi connectivity index (χ3v) is 4.48. The molecule has 3 atom stereocenters. The van der Waals surface area contributed by atoms with E-state index in [0.29, 0.717) is 24.5 Å². The molecule has 1 saturated carbocycles. The van der Waals surface area contributed by atoms with E-state index in [-0.39, 0.29) is 11.6 Å². The maximum Gasteiger partial charge on any atom is 0.126 e. The summed E-state index contributed by atoms with van der Waals surface area (Å²) in [4.78, 5) is 0. The third kappa shape index (κ3) is 4.01. The van der Waals surface area contributed by atoms with Crippen molar-refractivity contribution in [2.45, 2.75) is 57.6 Å². The molecule has 0 heterocycles. The highest BCUT2D eigenvalue weighted by atomic mass is 19.1. The van der Waals surface area contributed by atoms with Gasteiger partial charge in [-0.05, 0) is 49.8 Å². The number of halogens is 2.